The molecular weight excluding hydrogens is 322 g/mol. The van der Waals surface area contributed by atoms with Gasteiger partial charge in [-0.2, -0.15) is 0 Å². The molecule has 1 aliphatic carbocycles. The van der Waals surface area contributed by atoms with Crippen molar-refractivity contribution in [2.24, 2.45) is 0 Å². The number of halogens is 1. The number of carbonyl (C=O) groups excluding carboxylic acids is 1. The molecular formula is C19H30ClN3O+2. The van der Waals surface area contributed by atoms with Gasteiger partial charge >= 0.3 is 0 Å². The van der Waals surface area contributed by atoms with Gasteiger partial charge in [0.15, 0.2) is 6.04 Å². The molecule has 0 aromatic heterocycles. The molecule has 0 unspecified atom stereocenters. The average molecular weight is 352 g/mol. The van der Waals surface area contributed by atoms with E-state index in [4.69, 9.17) is 11.6 Å². The first-order chi connectivity index (χ1) is 11.6. The van der Waals surface area contributed by atoms with Crippen LogP contribution in [-0.2, 0) is 11.3 Å². The number of hydrogen-bond donors (Lipinski definition) is 3. The summed E-state index contributed by atoms with van der Waals surface area (Å²) in [6.45, 7) is 7.47. The Bertz CT molecular complexity index is 551. The molecule has 0 radical (unpaired) electrons. The van der Waals surface area contributed by atoms with E-state index >= 15 is 0 Å². The Morgan fingerprint density at radius 2 is 1.96 bits per heavy atom. The molecule has 1 atom stereocenters. The Morgan fingerprint density at radius 1 is 1.25 bits per heavy atom. The van der Waals surface area contributed by atoms with E-state index in [1.165, 1.54) is 23.3 Å². The van der Waals surface area contributed by atoms with Gasteiger partial charge in [-0.25, -0.2) is 0 Å². The van der Waals surface area contributed by atoms with Crippen LogP contribution in [0.1, 0.15) is 38.2 Å². The van der Waals surface area contributed by atoms with Gasteiger partial charge < -0.3 is 15.1 Å². The summed E-state index contributed by atoms with van der Waals surface area (Å²) in [5.74, 6) is 0.246. The number of amides is 1. The molecule has 1 aromatic carbocycles. The second kappa shape index (κ2) is 8.32. The van der Waals surface area contributed by atoms with Crippen LogP contribution in [0.4, 0.5) is 0 Å². The summed E-state index contributed by atoms with van der Waals surface area (Å²) < 4.78 is 0. The van der Waals surface area contributed by atoms with Crippen LogP contribution >= 0.6 is 11.6 Å². The maximum atomic E-state index is 12.5. The zero-order valence-corrected chi connectivity index (χ0v) is 15.4. The van der Waals surface area contributed by atoms with Crippen LogP contribution in [0.15, 0.2) is 24.3 Å². The van der Waals surface area contributed by atoms with Crippen molar-refractivity contribution in [3.8, 4) is 0 Å². The van der Waals surface area contributed by atoms with Gasteiger partial charge in [0.1, 0.15) is 32.7 Å². The van der Waals surface area contributed by atoms with E-state index in [1.54, 1.807) is 4.90 Å². The fraction of sp³-hybridized carbons (Fsp3) is 0.632. The maximum absolute atomic E-state index is 12.5. The standard InChI is InChI=1S/C19H28ClN3O/c1-15(19(24)21-18-7-2-3-8-18)23-11-9-22(10-12-23)14-16-5-4-6-17(20)13-16/h4-6,13,15,18H,2-3,7-12,14H2,1H3,(H,21,24)/p+2/t15-/m0/s1. The topological polar surface area (TPSA) is 38.0 Å². The Morgan fingerprint density at radius 3 is 2.62 bits per heavy atom. The first-order valence-corrected chi connectivity index (χ1v) is 9.72. The molecule has 2 fully saturated rings. The van der Waals surface area contributed by atoms with Crippen LogP contribution in [0.3, 0.4) is 0 Å². The Balaban J connectivity index is 1.44. The highest BCUT2D eigenvalue weighted by atomic mass is 35.5. The van der Waals surface area contributed by atoms with E-state index in [0.29, 0.717) is 6.04 Å². The number of benzene rings is 1. The molecule has 132 valence electrons. The Kier molecular flexibility index (Phi) is 6.14. The monoisotopic (exact) mass is 351 g/mol. The van der Waals surface area contributed by atoms with Crippen molar-refractivity contribution in [3.63, 3.8) is 0 Å². The van der Waals surface area contributed by atoms with Crippen LogP contribution < -0.4 is 15.1 Å². The zero-order valence-electron chi connectivity index (χ0n) is 14.6. The molecule has 1 heterocycles. The summed E-state index contributed by atoms with van der Waals surface area (Å²) >= 11 is 6.07. The van der Waals surface area contributed by atoms with Gasteiger partial charge in [0, 0.05) is 16.6 Å². The lowest BCUT2D eigenvalue weighted by molar-refractivity contribution is -1.02. The first kappa shape index (κ1) is 17.7. The quantitative estimate of drug-likeness (QED) is 0.690. The minimum absolute atomic E-state index is 0.0679. The summed E-state index contributed by atoms with van der Waals surface area (Å²) in [6, 6.07) is 8.65. The van der Waals surface area contributed by atoms with Crippen molar-refractivity contribution < 1.29 is 14.6 Å². The Hall–Kier alpha value is -1.10. The second-order valence-electron chi connectivity index (χ2n) is 7.43. The lowest BCUT2D eigenvalue weighted by Gasteiger charge is -2.33. The number of carbonyl (C=O) groups is 1. The van der Waals surface area contributed by atoms with Crippen molar-refractivity contribution >= 4 is 17.5 Å². The summed E-state index contributed by atoms with van der Waals surface area (Å²) in [5.41, 5.74) is 1.30. The minimum atomic E-state index is 0.0679. The van der Waals surface area contributed by atoms with Crippen molar-refractivity contribution in [2.45, 2.75) is 51.2 Å². The third-order valence-electron chi connectivity index (χ3n) is 5.65. The van der Waals surface area contributed by atoms with E-state index in [1.807, 2.05) is 12.1 Å². The fourth-order valence-corrected chi connectivity index (χ4v) is 4.26. The van der Waals surface area contributed by atoms with E-state index in [0.717, 1.165) is 50.6 Å². The summed E-state index contributed by atoms with van der Waals surface area (Å²) in [5, 5.41) is 4.07. The molecule has 1 amide bonds. The molecule has 1 saturated heterocycles. The van der Waals surface area contributed by atoms with Gasteiger partial charge in [0.05, 0.1) is 0 Å². The van der Waals surface area contributed by atoms with Crippen LogP contribution in [0.25, 0.3) is 0 Å². The number of piperazine rings is 1. The third-order valence-corrected chi connectivity index (χ3v) is 5.88. The fourth-order valence-electron chi connectivity index (χ4n) is 4.05. The highest BCUT2D eigenvalue weighted by Crippen LogP contribution is 2.17. The van der Waals surface area contributed by atoms with E-state index in [2.05, 4.69) is 24.4 Å². The number of nitrogens with one attached hydrogen (secondary N) is 3. The number of rotatable bonds is 5. The lowest BCUT2D eigenvalue weighted by atomic mass is 10.1. The molecule has 4 nitrogen and oxygen atoms in total. The van der Waals surface area contributed by atoms with E-state index in [9.17, 15) is 4.79 Å². The highest BCUT2D eigenvalue weighted by molar-refractivity contribution is 6.30. The minimum Gasteiger partial charge on any atom is -0.348 e. The van der Waals surface area contributed by atoms with Crippen molar-refractivity contribution in [1.82, 2.24) is 5.32 Å². The van der Waals surface area contributed by atoms with Gasteiger partial charge in [0.2, 0.25) is 0 Å². The molecule has 3 rings (SSSR count). The third kappa shape index (κ3) is 4.71. The SMILES string of the molecule is C[C@@H](C(=O)NC1CCCC1)[NH+]1CC[NH+](Cc2cccc(Cl)c2)CC1. The van der Waals surface area contributed by atoms with E-state index < -0.39 is 0 Å². The van der Waals surface area contributed by atoms with Crippen LogP contribution in [-0.4, -0.2) is 44.2 Å². The highest BCUT2D eigenvalue weighted by Gasteiger charge is 2.32. The number of quaternary nitrogens is 2. The molecule has 24 heavy (non-hydrogen) atoms. The van der Waals surface area contributed by atoms with Crippen molar-refractivity contribution in [3.05, 3.63) is 34.9 Å². The summed E-state index contributed by atoms with van der Waals surface area (Å²) in [7, 11) is 0. The molecule has 0 spiro atoms. The predicted octanol–water partition coefficient (Wildman–Crippen LogP) is 0.0707. The molecule has 2 aliphatic rings. The normalized spacial score (nSPS) is 26.2. The molecule has 5 heteroatoms. The molecule has 1 saturated carbocycles. The largest absolute Gasteiger partial charge is 0.348 e. The Labute approximate surface area is 150 Å². The maximum Gasteiger partial charge on any atom is 0.278 e. The van der Waals surface area contributed by atoms with Gasteiger partial charge in [-0.3, -0.25) is 4.79 Å². The van der Waals surface area contributed by atoms with Gasteiger partial charge in [-0.15, -0.1) is 0 Å². The van der Waals surface area contributed by atoms with E-state index in [-0.39, 0.29) is 11.9 Å². The van der Waals surface area contributed by atoms with Crippen LogP contribution in [0.5, 0.6) is 0 Å². The van der Waals surface area contributed by atoms with Gasteiger partial charge in [0.25, 0.3) is 5.91 Å². The number of hydrogen-bond acceptors (Lipinski definition) is 1. The van der Waals surface area contributed by atoms with Crippen molar-refractivity contribution in [1.29, 1.82) is 0 Å². The smallest absolute Gasteiger partial charge is 0.278 e. The average Bonchev–Trinajstić information content (AvgIpc) is 3.08. The second-order valence-corrected chi connectivity index (χ2v) is 7.86. The summed E-state index contributed by atoms with van der Waals surface area (Å²) in [6.07, 6.45) is 4.84. The summed E-state index contributed by atoms with van der Waals surface area (Å²) in [4.78, 5) is 15.5. The molecule has 3 N–H and O–H groups in total. The molecule has 1 aliphatic heterocycles. The zero-order chi connectivity index (χ0) is 16.9. The van der Waals surface area contributed by atoms with Crippen LogP contribution in [0.2, 0.25) is 5.02 Å². The first-order valence-electron chi connectivity index (χ1n) is 9.35. The van der Waals surface area contributed by atoms with Gasteiger partial charge in [-0.1, -0.05) is 36.6 Å². The van der Waals surface area contributed by atoms with Crippen LogP contribution in [0, 0.1) is 0 Å². The lowest BCUT2D eigenvalue weighted by Crippen LogP contribution is -3.29. The molecule has 0 bridgehead atoms. The predicted molar refractivity (Wildman–Crippen MR) is 96.4 cm³/mol. The van der Waals surface area contributed by atoms with Crippen molar-refractivity contribution in [2.75, 3.05) is 26.2 Å². The molecule has 1 aromatic rings. The van der Waals surface area contributed by atoms with Gasteiger partial charge in [-0.05, 0) is 31.9 Å².